The average molecular weight is 409 g/mol. The summed E-state index contributed by atoms with van der Waals surface area (Å²) in [5, 5.41) is 19.6. The lowest BCUT2D eigenvalue weighted by atomic mass is 10.1. The molecule has 152 valence electrons. The Morgan fingerprint density at radius 2 is 1.52 bits per heavy atom. The van der Waals surface area contributed by atoms with Crippen LogP contribution in [-0.2, 0) is 0 Å². The fourth-order valence-corrected chi connectivity index (χ4v) is 3.15. The molecule has 0 aromatic heterocycles. The number of nitrogens with two attached hydrogens (primary N) is 1. The molecule has 0 bridgehead atoms. The number of amidine groups is 1. The highest BCUT2D eigenvalue weighted by atomic mass is 16.5. The normalized spacial score (nSPS) is 10.8. The number of nitrogens with zero attached hydrogens (tertiary/aromatic N) is 2. The maximum absolute atomic E-state index is 12.7. The van der Waals surface area contributed by atoms with Gasteiger partial charge in [0.2, 0.25) is 0 Å². The molecule has 0 aliphatic heterocycles. The summed E-state index contributed by atoms with van der Waals surface area (Å²) >= 11 is 0. The molecule has 0 saturated carbocycles. The first-order valence-electron chi connectivity index (χ1n) is 9.51. The van der Waals surface area contributed by atoms with Crippen LogP contribution < -0.4 is 15.9 Å². The van der Waals surface area contributed by atoms with Gasteiger partial charge in [0.15, 0.2) is 5.84 Å². The van der Waals surface area contributed by atoms with E-state index in [9.17, 15) is 4.79 Å². The Balaban J connectivity index is 1.48. The van der Waals surface area contributed by atoms with E-state index in [1.54, 1.807) is 48.5 Å². The van der Waals surface area contributed by atoms with Gasteiger partial charge >= 0.3 is 0 Å². The number of ether oxygens (including phenoxy) is 1. The number of anilines is 1. The van der Waals surface area contributed by atoms with Crippen molar-refractivity contribution < 1.29 is 9.53 Å². The van der Waals surface area contributed by atoms with E-state index in [0.717, 1.165) is 16.5 Å². The summed E-state index contributed by atoms with van der Waals surface area (Å²) < 4.78 is 5.92. The number of benzene rings is 4. The standard InChI is InChI=1S/C24H19N5O2/c25-23(28-29-26)21-7-3-4-8-22(21)27-24(30)17-10-12-19(13-11-17)31-20-14-9-16-5-1-2-6-18(16)15-20/h1-15H,(H,27,30)(H3,25,26,28). The predicted molar refractivity (Wildman–Crippen MR) is 121 cm³/mol. The van der Waals surface area contributed by atoms with Crippen molar-refractivity contribution >= 4 is 28.2 Å². The zero-order valence-corrected chi connectivity index (χ0v) is 16.4. The van der Waals surface area contributed by atoms with Gasteiger partial charge in [0.05, 0.1) is 5.69 Å². The molecule has 7 nitrogen and oxygen atoms in total. The third kappa shape index (κ3) is 4.56. The van der Waals surface area contributed by atoms with Crippen molar-refractivity contribution in [2.75, 3.05) is 5.32 Å². The minimum Gasteiger partial charge on any atom is -0.457 e. The van der Waals surface area contributed by atoms with Gasteiger partial charge < -0.3 is 15.9 Å². The Kier molecular flexibility index (Phi) is 5.66. The predicted octanol–water partition coefficient (Wildman–Crippen LogP) is 5.54. The third-order valence-corrected chi connectivity index (χ3v) is 4.66. The van der Waals surface area contributed by atoms with Crippen molar-refractivity contribution in [2.24, 2.45) is 16.2 Å². The van der Waals surface area contributed by atoms with Crippen LogP contribution in [0, 0.1) is 5.41 Å². The van der Waals surface area contributed by atoms with E-state index in [1.807, 2.05) is 42.5 Å². The van der Waals surface area contributed by atoms with Crippen molar-refractivity contribution in [1.82, 2.24) is 0 Å². The van der Waals surface area contributed by atoms with Gasteiger partial charge in [-0.25, -0.2) is 0 Å². The van der Waals surface area contributed by atoms with Crippen LogP contribution in [0.15, 0.2) is 101 Å². The van der Waals surface area contributed by atoms with E-state index in [0.29, 0.717) is 22.6 Å². The molecule has 7 heteroatoms. The molecule has 4 N–H and O–H groups in total. The first-order chi connectivity index (χ1) is 15.1. The number of hydrogen-bond donors (Lipinski definition) is 3. The smallest absolute Gasteiger partial charge is 0.255 e. The zero-order valence-electron chi connectivity index (χ0n) is 16.4. The van der Waals surface area contributed by atoms with E-state index in [1.165, 1.54) is 0 Å². The van der Waals surface area contributed by atoms with E-state index in [-0.39, 0.29) is 11.7 Å². The second kappa shape index (κ2) is 8.87. The molecule has 31 heavy (non-hydrogen) atoms. The highest BCUT2D eigenvalue weighted by molar-refractivity contribution is 6.09. The molecule has 4 rings (SSSR count). The molecule has 0 atom stereocenters. The second-order valence-corrected chi connectivity index (χ2v) is 6.70. The number of carbonyl (C=O) groups excluding carboxylic acids is 1. The van der Waals surface area contributed by atoms with Crippen LogP contribution in [0.5, 0.6) is 11.5 Å². The van der Waals surface area contributed by atoms with Crippen molar-refractivity contribution in [2.45, 2.75) is 0 Å². The van der Waals surface area contributed by atoms with Crippen LogP contribution in [0.4, 0.5) is 5.69 Å². The Labute approximate surface area is 178 Å². The molecule has 0 radical (unpaired) electrons. The van der Waals surface area contributed by atoms with Crippen LogP contribution >= 0.6 is 0 Å². The average Bonchev–Trinajstić information content (AvgIpc) is 2.80. The van der Waals surface area contributed by atoms with E-state index in [2.05, 4.69) is 15.7 Å². The topological polar surface area (TPSA) is 113 Å². The first kappa shape index (κ1) is 19.8. The molecular formula is C24H19N5O2. The van der Waals surface area contributed by atoms with Crippen molar-refractivity contribution in [1.29, 1.82) is 5.41 Å². The molecule has 1 amide bonds. The number of amides is 1. The highest BCUT2D eigenvalue weighted by Crippen LogP contribution is 2.26. The van der Waals surface area contributed by atoms with Crippen molar-refractivity contribution in [3.63, 3.8) is 0 Å². The van der Waals surface area contributed by atoms with Gasteiger partial charge in [0.1, 0.15) is 11.5 Å². The van der Waals surface area contributed by atoms with Gasteiger partial charge in [0, 0.05) is 11.1 Å². The lowest BCUT2D eigenvalue weighted by Crippen LogP contribution is -2.14. The highest BCUT2D eigenvalue weighted by Gasteiger charge is 2.12. The molecule has 0 heterocycles. The Hall–Kier alpha value is -4.52. The van der Waals surface area contributed by atoms with Crippen LogP contribution in [0.3, 0.4) is 0 Å². The summed E-state index contributed by atoms with van der Waals surface area (Å²) in [7, 11) is 0. The minimum absolute atomic E-state index is 0.141. The second-order valence-electron chi connectivity index (χ2n) is 6.70. The monoisotopic (exact) mass is 409 g/mol. The third-order valence-electron chi connectivity index (χ3n) is 4.66. The number of hydrogen-bond acceptors (Lipinski definition) is 4. The van der Waals surface area contributed by atoms with Gasteiger partial charge in [-0.3, -0.25) is 10.2 Å². The van der Waals surface area contributed by atoms with E-state index in [4.69, 9.17) is 16.0 Å². The molecule has 4 aromatic carbocycles. The molecule has 0 spiro atoms. The number of fused-ring (bicyclic) bond motifs is 1. The van der Waals surface area contributed by atoms with Gasteiger partial charge in [0.25, 0.3) is 5.91 Å². The van der Waals surface area contributed by atoms with Crippen LogP contribution in [0.1, 0.15) is 15.9 Å². The van der Waals surface area contributed by atoms with Crippen LogP contribution in [-0.4, -0.2) is 11.7 Å². The Bertz CT molecular complexity index is 1280. The largest absolute Gasteiger partial charge is 0.457 e. The molecule has 4 aromatic rings. The molecular weight excluding hydrogens is 390 g/mol. The number of nitrogens with one attached hydrogen (secondary N) is 2. The molecule has 0 aliphatic carbocycles. The lowest BCUT2D eigenvalue weighted by Gasteiger charge is -2.10. The quantitative estimate of drug-likeness (QED) is 0.132. The lowest BCUT2D eigenvalue weighted by molar-refractivity contribution is 0.102. The van der Waals surface area contributed by atoms with Crippen molar-refractivity contribution in [3.05, 3.63) is 102 Å². The van der Waals surface area contributed by atoms with Crippen LogP contribution in [0.2, 0.25) is 0 Å². The SMILES string of the molecule is N=C(N=NN)c1ccccc1NC(=O)c1ccc(Oc2ccc3ccccc3c2)cc1. The molecule has 0 unspecified atom stereocenters. The van der Waals surface area contributed by atoms with Gasteiger partial charge in [-0.05, 0) is 59.3 Å². The summed E-state index contributed by atoms with van der Waals surface area (Å²) in [6.45, 7) is 0. The molecule has 0 aliphatic rings. The maximum Gasteiger partial charge on any atom is 0.255 e. The number of carbonyl (C=O) groups is 1. The number of para-hydroxylation sites is 1. The van der Waals surface area contributed by atoms with Crippen LogP contribution in [0.25, 0.3) is 10.8 Å². The minimum atomic E-state index is -0.317. The fraction of sp³-hybridized carbons (Fsp3) is 0. The van der Waals surface area contributed by atoms with Gasteiger partial charge in [-0.2, -0.15) is 0 Å². The zero-order chi connectivity index (χ0) is 21.6. The summed E-state index contributed by atoms with van der Waals surface area (Å²) in [5.41, 5.74) is 1.32. The molecule has 0 saturated heterocycles. The summed E-state index contributed by atoms with van der Waals surface area (Å²) in [6, 6.07) is 27.6. The van der Waals surface area contributed by atoms with E-state index < -0.39 is 0 Å². The Morgan fingerprint density at radius 3 is 2.29 bits per heavy atom. The first-order valence-corrected chi connectivity index (χ1v) is 9.51. The fourth-order valence-electron chi connectivity index (χ4n) is 3.15. The summed E-state index contributed by atoms with van der Waals surface area (Å²) in [5.74, 6) is 5.91. The van der Waals surface area contributed by atoms with Crippen molar-refractivity contribution in [3.8, 4) is 11.5 Å². The Morgan fingerprint density at radius 1 is 0.839 bits per heavy atom. The van der Waals surface area contributed by atoms with Gasteiger partial charge in [-0.15, -0.1) is 5.11 Å². The van der Waals surface area contributed by atoms with Gasteiger partial charge in [-0.1, -0.05) is 47.7 Å². The summed E-state index contributed by atoms with van der Waals surface area (Å²) in [6.07, 6.45) is 0. The molecule has 0 fully saturated rings. The number of rotatable bonds is 5. The summed E-state index contributed by atoms with van der Waals surface area (Å²) in [4.78, 5) is 12.7. The maximum atomic E-state index is 12.7. The van der Waals surface area contributed by atoms with E-state index >= 15 is 0 Å².